The Bertz CT molecular complexity index is 642. The zero-order valence-electron chi connectivity index (χ0n) is 13.5. The molecule has 1 unspecified atom stereocenters. The number of rotatable bonds is 6. The van der Waals surface area contributed by atoms with E-state index in [-0.39, 0.29) is 17.9 Å². The molecular weight excluding hydrogens is 299 g/mol. The van der Waals surface area contributed by atoms with E-state index in [1.807, 2.05) is 6.92 Å². The molecule has 2 amide bonds. The van der Waals surface area contributed by atoms with Crippen LogP contribution < -0.4 is 5.32 Å². The molecule has 1 N–H and O–H groups in total. The van der Waals surface area contributed by atoms with Crippen LogP contribution in [-0.4, -0.2) is 41.5 Å². The number of ether oxygens (including phenoxy) is 1. The lowest BCUT2D eigenvalue weighted by Gasteiger charge is -2.25. The van der Waals surface area contributed by atoms with Gasteiger partial charge in [0, 0.05) is 20.4 Å². The minimum atomic E-state index is -0.295. The van der Waals surface area contributed by atoms with Crippen molar-refractivity contribution in [2.45, 2.75) is 19.5 Å². The van der Waals surface area contributed by atoms with Gasteiger partial charge in [0.15, 0.2) is 0 Å². The zero-order chi connectivity index (χ0) is 16.8. The highest BCUT2D eigenvalue weighted by Crippen LogP contribution is 2.20. The van der Waals surface area contributed by atoms with Gasteiger partial charge in [0.2, 0.25) is 0 Å². The van der Waals surface area contributed by atoms with E-state index in [4.69, 9.17) is 4.74 Å². The molecule has 1 heterocycles. The number of anilines is 1. The van der Waals surface area contributed by atoms with E-state index in [0.29, 0.717) is 18.8 Å². The molecule has 1 aromatic heterocycles. The van der Waals surface area contributed by atoms with Crippen LogP contribution in [-0.2, 0) is 11.3 Å². The van der Waals surface area contributed by atoms with Crippen LogP contribution >= 0.6 is 0 Å². The molecule has 0 saturated carbocycles. The molecular formula is C16H21FN4O2. The molecule has 2 aromatic rings. The summed E-state index contributed by atoms with van der Waals surface area (Å²) >= 11 is 0. The molecule has 1 aromatic carbocycles. The van der Waals surface area contributed by atoms with Crippen LogP contribution in [0.5, 0.6) is 0 Å². The largest absolute Gasteiger partial charge is 0.383 e. The van der Waals surface area contributed by atoms with Gasteiger partial charge in [-0.25, -0.2) is 9.18 Å². The SMILES string of the molecule is COCCn1cc(NC(=O)N(C)C(C)c2ccc(F)cc2)cn1. The first-order valence-electron chi connectivity index (χ1n) is 7.32. The summed E-state index contributed by atoms with van der Waals surface area (Å²) in [5.74, 6) is -0.295. The van der Waals surface area contributed by atoms with Crippen LogP contribution in [0, 0.1) is 5.82 Å². The number of nitrogens with zero attached hydrogens (tertiary/aromatic N) is 3. The summed E-state index contributed by atoms with van der Waals surface area (Å²) in [6, 6.07) is 5.68. The first-order valence-corrected chi connectivity index (χ1v) is 7.32. The number of nitrogens with one attached hydrogen (secondary N) is 1. The number of amides is 2. The fourth-order valence-electron chi connectivity index (χ4n) is 2.09. The first kappa shape index (κ1) is 17.0. The minimum absolute atomic E-state index is 0.181. The maximum Gasteiger partial charge on any atom is 0.322 e. The number of halogens is 1. The maximum atomic E-state index is 13.0. The standard InChI is InChI=1S/C16H21FN4O2/c1-12(13-4-6-14(17)7-5-13)20(2)16(22)19-15-10-18-21(11-15)8-9-23-3/h4-7,10-12H,8-9H2,1-3H3,(H,19,22). The van der Waals surface area contributed by atoms with Crippen molar-refractivity contribution < 1.29 is 13.9 Å². The summed E-state index contributed by atoms with van der Waals surface area (Å²) in [6.07, 6.45) is 3.33. The second-order valence-electron chi connectivity index (χ2n) is 5.25. The Labute approximate surface area is 134 Å². The molecule has 1 atom stereocenters. The van der Waals surface area contributed by atoms with Crippen molar-refractivity contribution in [1.82, 2.24) is 14.7 Å². The van der Waals surface area contributed by atoms with E-state index in [2.05, 4.69) is 10.4 Å². The number of hydrogen-bond acceptors (Lipinski definition) is 3. The van der Waals surface area contributed by atoms with Crippen LogP contribution in [0.2, 0.25) is 0 Å². The zero-order valence-corrected chi connectivity index (χ0v) is 13.5. The Kier molecular flexibility index (Phi) is 5.70. The lowest BCUT2D eigenvalue weighted by atomic mass is 10.1. The number of hydrogen-bond donors (Lipinski definition) is 1. The lowest BCUT2D eigenvalue weighted by molar-refractivity contribution is 0.183. The van der Waals surface area contributed by atoms with E-state index in [1.54, 1.807) is 48.3 Å². The molecule has 0 bridgehead atoms. The normalized spacial score (nSPS) is 12.0. The molecule has 0 spiro atoms. The number of carbonyl (C=O) groups is 1. The molecule has 0 saturated heterocycles. The van der Waals surface area contributed by atoms with Gasteiger partial charge < -0.3 is 15.0 Å². The second kappa shape index (κ2) is 7.73. The topological polar surface area (TPSA) is 59.4 Å². The van der Waals surface area contributed by atoms with Crippen LogP contribution in [0.1, 0.15) is 18.5 Å². The molecule has 124 valence electrons. The van der Waals surface area contributed by atoms with Gasteiger partial charge in [0.25, 0.3) is 0 Å². The van der Waals surface area contributed by atoms with Crippen molar-refractivity contribution in [3.8, 4) is 0 Å². The van der Waals surface area contributed by atoms with Crippen molar-refractivity contribution in [1.29, 1.82) is 0 Å². The highest BCUT2D eigenvalue weighted by atomic mass is 19.1. The summed E-state index contributed by atoms with van der Waals surface area (Å²) in [5, 5.41) is 6.93. The van der Waals surface area contributed by atoms with Gasteiger partial charge in [-0.2, -0.15) is 5.10 Å². The van der Waals surface area contributed by atoms with Crippen molar-refractivity contribution in [2.75, 3.05) is 26.1 Å². The molecule has 6 nitrogen and oxygen atoms in total. The fourth-order valence-corrected chi connectivity index (χ4v) is 2.09. The molecule has 7 heteroatoms. The van der Waals surface area contributed by atoms with Crippen LogP contribution in [0.3, 0.4) is 0 Å². The summed E-state index contributed by atoms with van der Waals surface area (Å²) in [4.78, 5) is 13.9. The third-order valence-electron chi connectivity index (χ3n) is 3.66. The lowest BCUT2D eigenvalue weighted by Crippen LogP contribution is -2.33. The Morgan fingerprint density at radius 2 is 2.13 bits per heavy atom. The third kappa shape index (κ3) is 4.53. The van der Waals surface area contributed by atoms with Crippen molar-refractivity contribution >= 4 is 11.7 Å². The molecule has 23 heavy (non-hydrogen) atoms. The minimum Gasteiger partial charge on any atom is -0.383 e. The van der Waals surface area contributed by atoms with Gasteiger partial charge in [-0.15, -0.1) is 0 Å². The van der Waals surface area contributed by atoms with E-state index >= 15 is 0 Å². The van der Waals surface area contributed by atoms with Crippen molar-refractivity contribution in [3.05, 3.63) is 48.0 Å². The van der Waals surface area contributed by atoms with Crippen molar-refractivity contribution in [3.63, 3.8) is 0 Å². The monoisotopic (exact) mass is 320 g/mol. The summed E-state index contributed by atoms with van der Waals surface area (Å²) < 4.78 is 19.7. The van der Waals surface area contributed by atoms with Gasteiger partial charge in [-0.3, -0.25) is 4.68 Å². The summed E-state index contributed by atoms with van der Waals surface area (Å²) in [6.45, 7) is 3.06. The summed E-state index contributed by atoms with van der Waals surface area (Å²) in [5.41, 5.74) is 1.48. The van der Waals surface area contributed by atoms with Gasteiger partial charge in [0.1, 0.15) is 5.82 Å². The van der Waals surface area contributed by atoms with Crippen LogP contribution in [0.15, 0.2) is 36.7 Å². The van der Waals surface area contributed by atoms with E-state index in [9.17, 15) is 9.18 Å². The Balaban J connectivity index is 1.96. The Morgan fingerprint density at radius 3 is 2.78 bits per heavy atom. The molecule has 0 aliphatic carbocycles. The maximum absolute atomic E-state index is 13.0. The van der Waals surface area contributed by atoms with Crippen LogP contribution in [0.4, 0.5) is 14.9 Å². The smallest absolute Gasteiger partial charge is 0.322 e. The third-order valence-corrected chi connectivity index (χ3v) is 3.66. The number of carbonyl (C=O) groups excluding carboxylic acids is 1. The van der Waals surface area contributed by atoms with Crippen molar-refractivity contribution in [2.24, 2.45) is 0 Å². The average Bonchev–Trinajstić information content (AvgIpc) is 2.99. The van der Waals surface area contributed by atoms with E-state index in [1.165, 1.54) is 12.1 Å². The molecule has 0 aliphatic rings. The van der Waals surface area contributed by atoms with E-state index < -0.39 is 0 Å². The highest BCUT2D eigenvalue weighted by Gasteiger charge is 2.18. The molecule has 0 aliphatic heterocycles. The number of urea groups is 1. The Hall–Kier alpha value is -2.41. The summed E-state index contributed by atoms with van der Waals surface area (Å²) in [7, 11) is 3.32. The predicted octanol–water partition coefficient (Wildman–Crippen LogP) is 2.89. The number of benzene rings is 1. The van der Waals surface area contributed by atoms with Gasteiger partial charge in [-0.1, -0.05) is 12.1 Å². The Morgan fingerprint density at radius 1 is 1.43 bits per heavy atom. The molecule has 0 fully saturated rings. The number of methoxy groups -OCH3 is 1. The molecule has 0 radical (unpaired) electrons. The quantitative estimate of drug-likeness (QED) is 0.890. The van der Waals surface area contributed by atoms with Gasteiger partial charge in [-0.05, 0) is 24.6 Å². The van der Waals surface area contributed by atoms with Gasteiger partial charge >= 0.3 is 6.03 Å². The average molecular weight is 320 g/mol. The first-order chi connectivity index (χ1) is 11.0. The predicted molar refractivity (Wildman–Crippen MR) is 85.7 cm³/mol. The second-order valence-corrected chi connectivity index (χ2v) is 5.25. The van der Waals surface area contributed by atoms with Gasteiger partial charge in [0.05, 0.1) is 31.1 Å². The highest BCUT2D eigenvalue weighted by molar-refractivity contribution is 5.89. The van der Waals surface area contributed by atoms with E-state index in [0.717, 1.165) is 5.56 Å². The molecule has 2 rings (SSSR count). The van der Waals surface area contributed by atoms with Crippen LogP contribution in [0.25, 0.3) is 0 Å². The fraction of sp³-hybridized carbons (Fsp3) is 0.375. The number of aromatic nitrogens is 2.